The monoisotopic (exact) mass is 320 g/mol. The van der Waals surface area contributed by atoms with Crippen molar-refractivity contribution in [2.45, 2.75) is 26.4 Å². The molecule has 1 heterocycles. The highest BCUT2D eigenvalue weighted by Crippen LogP contribution is 2.34. The van der Waals surface area contributed by atoms with Crippen molar-refractivity contribution in [3.05, 3.63) is 52.8 Å². The lowest BCUT2D eigenvalue weighted by Gasteiger charge is -2.16. The first-order chi connectivity index (χ1) is 10.7. The van der Waals surface area contributed by atoms with Crippen LogP contribution in [-0.2, 0) is 13.1 Å². The van der Waals surface area contributed by atoms with Gasteiger partial charge in [0.1, 0.15) is 0 Å². The van der Waals surface area contributed by atoms with Gasteiger partial charge in [-0.3, -0.25) is 4.98 Å². The van der Waals surface area contributed by atoms with Crippen molar-refractivity contribution < 1.29 is 9.47 Å². The van der Waals surface area contributed by atoms with Crippen LogP contribution in [0.5, 0.6) is 11.5 Å². The average Bonchev–Trinajstić information content (AvgIpc) is 2.54. The molecule has 0 unspecified atom stereocenters. The molecule has 0 saturated carbocycles. The molecular weight excluding hydrogens is 300 g/mol. The Morgan fingerprint density at radius 2 is 2.09 bits per heavy atom. The lowest BCUT2D eigenvalue weighted by Crippen LogP contribution is -2.15. The van der Waals surface area contributed by atoms with Crippen LogP contribution in [0.3, 0.4) is 0 Å². The SMILES string of the molecule is CCCOc1c(CNCc2ccccn2)cc(Cl)cc1OC. The molecule has 0 aliphatic heterocycles. The molecule has 1 N–H and O–H groups in total. The topological polar surface area (TPSA) is 43.4 Å². The molecule has 2 aromatic rings. The Bertz CT molecular complexity index is 591. The molecule has 0 aliphatic rings. The number of halogens is 1. The van der Waals surface area contributed by atoms with Gasteiger partial charge in [0.15, 0.2) is 11.5 Å². The maximum absolute atomic E-state index is 6.16. The summed E-state index contributed by atoms with van der Waals surface area (Å²) in [5.41, 5.74) is 1.97. The molecule has 0 radical (unpaired) electrons. The van der Waals surface area contributed by atoms with E-state index in [0.717, 1.165) is 23.4 Å². The van der Waals surface area contributed by atoms with Crippen LogP contribution < -0.4 is 14.8 Å². The van der Waals surface area contributed by atoms with E-state index in [-0.39, 0.29) is 0 Å². The van der Waals surface area contributed by atoms with E-state index in [2.05, 4.69) is 17.2 Å². The van der Waals surface area contributed by atoms with Crippen LogP contribution in [0.15, 0.2) is 36.5 Å². The number of hydrogen-bond donors (Lipinski definition) is 1. The summed E-state index contributed by atoms with van der Waals surface area (Å²) in [4.78, 5) is 4.29. The Balaban J connectivity index is 2.09. The highest BCUT2D eigenvalue weighted by Gasteiger charge is 2.12. The molecular formula is C17H21ClN2O2. The van der Waals surface area contributed by atoms with E-state index in [9.17, 15) is 0 Å². The smallest absolute Gasteiger partial charge is 0.165 e. The van der Waals surface area contributed by atoms with Crippen LogP contribution in [0.2, 0.25) is 5.02 Å². The molecule has 0 saturated heterocycles. The molecule has 1 aromatic heterocycles. The van der Waals surface area contributed by atoms with E-state index in [4.69, 9.17) is 21.1 Å². The van der Waals surface area contributed by atoms with Crippen LogP contribution in [0.25, 0.3) is 0 Å². The number of pyridine rings is 1. The second kappa shape index (κ2) is 8.61. The Kier molecular flexibility index (Phi) is 6.49. The first-order valence-corrected chi connectivity index (χ1v) is 7.72. The van der Waals surface area contributed by atoms with Crippen molar-refractivity contribution >= 4 is 11.6 Å². The number of aromatic nitrogens is 1. The molecule has 4 nitrogen and oxygen atoms in total. The number of methoxy groups -OCH3 is 1. The third-order valence-corrected chi connectivity index (χ3v) is 3.33. The van der Waals surface area contributed by atoms with E-state index >= 15 is 0 Å². The molecule has 0 atom stereocenters. The zero-order valence-electron chi connectivity index (χ0n) is 12.9. The number of benzene rings is 1. The fourth-order valence-electron chi connectivity index (χ4n) is 2.10. The summed E-state index contributed by atoms with van der Waals surface area (Å²) in [7, 11) is 1.62. The van der Waals surface area contributed by atoms with Gasteiger partial charge < -0.3 is 14.8 Å². The molecule has 0 spiro atoms. The molecule has 22 heavy (non-hydrogen) atoms. The summed E-state index contributed by atoms with van der Waals surface area (Å²) in [6, 6.07) is 9.54. The zero-order chi connectivity index (χ0) is 15.8. The minimum atomic E-state index is 0.631. The fraction of sp³-hybridized carbons (Fsp3) is 0.353. The van der Waals surface area contributed by atoms with Crippen molar-refractivity contribution in [2.24, 2.45) is 0 Å². The number of nitrogens with zero attached hydrogens (tertiary/aromatic N) is 1. The Labute approximate surface area is 136 Å². The van der Waals surface area contributed by atoms with Gasteiger partial charge in [0.2, 0.25) is 0 Å². The standard InChI is InChI=1S/C17H21ClN2O2/c1-3-8-22-17-13(9-14(18)10-16(17)21-2)11-19-12-15-6-4-5-7-20-15/h4-7,9-10,19H,3,8,11-12H2,1-2H3. The van der Waals surface area contributed by atoms with Gasteiger partial charge in [0.05, 0.1) is 19.4 Å². The average molecular weight is 321 g/mol. The lowest BCUT2D eigenvalue weighted by atomic mass is 10.1. The zero-order valence-corrected chi connectivity index (χ0v) is 13.7. The number of nitrogens with one attached hydrogen (secondary N) is 1. The number of hydrogen-bond acceptors (Lipinski definition) is 4. The van der Waals surface area contributed by atoms with Crippen molar-refractivity contribution in [3.8, 4) is 11.5 Å². The van der Waals surface area contributed by atoms with Crippen LogP contribution in [0.4, 0.5) is 0 Å². The van der Waals surface area contributed by atoms with Crippen molar-refractivity contribution in [1.29, 1.82) is 0 Å². The molecule has 118 valence electrons. The van der Waals surface area contributed by atoms with E-state index in [0.29, 0.717) is 30.5 Å². The molecule has 0 amide bonds. The van der Waals surface area contributed by atoms with Gasteiger partial charge in [-0.25, -0.2) is 0 Å². The predicted octanol–water partition coefficient (Wildman–Crippen LogP) is 3.82. The van der Waals surface area contributed by atoms with Crippen LogP contribution in [-0.4, -0.2) is 18.7 Å². The van der Waals surface area contributed by atoms with Gasteiger partial charge in [-0.2, -0.15) is 0 Å². The Morgan fingerprint density at radius 1 is 1.23 bits per heavy atom. The number of rotatable bonds is 8. The quantitative estimate of drug-likeness (QED) is 0.803. The second-order valence-electron chi connectivity index (χ2n) is 4.87. The largest absolute Gasteiger partial charge is 0.493 e. The predicted molar refractivity (Wildman–Crippen MR) is 88.6 cm³/mol. The third-order valence-electron chi connectivity index (χ3n) is 3.11. The fourth-order valence-corrected chi connectivity index (χ4v) is 2.33. The molecule has 0 fully saturated rings. The van der Waals surface area contributed by atoms with Gasteiger partial charge >= 0.3 is 0 Å². The summed E-state index contributed by atoms with van der Waals surface area (Å²) >= 11 is 6.16. The first-order valence-electron chi connectivity index (χ1n) is 7.34. The van der Waals surface area contributed by atoms with Crippen LogP contribution >= 0.6 is 11.6 Å². The summed E-state index contributed by atoms with van der Waals surface area (Å²) in [5.74, 6) is 1.41. The maximum Gasteiger partial charge on any atom is 0.165 e. The van der Waals surface area contributed by atoms with Crippen molar-refractivity contribution in [3.63, 3.8) is 0 Å². The van der Waals surface area contributed by atoms with Gasteiger partial charge in [0, 0.05) is 35.9 Å². The normalized spacial score (nSPS) is 10.5. The van der Waals surface area contributed by atoms with Gasteiger partial charge in [-0.05, 0) is 24.6 Å². The number of ether oxygens (including phenoxy) is 2. The lowest BCUT2D eigenvalue weighted by molar-refractivity contribution is 0.290. The van der Waals surface area contributed by atoms with Crippen LogP contribution in [0, 0.1) is 0 Å². The van der Waals surface area contributed by atoms with E-state index in [1.807, 2.05) is 24.3 Å². The van der Waals surface area contributed by atoms with Gasteiger partial charge in [0.25, 0.3) is 0 Å². The first kappa shape index (κ1) is 16.6. The summed E-state index contributed by atoms with van der Waals surface area (Å²) < 4.78 is 11.2. The van der Waals surface area contributed by atoms with Crippen molar-refractivity contribution in [1.82, 2.24) is 10.3 Å². The van der Waals surface area contributed by atoms with E-state index in [1.54, 1.807) is 19.4 Å². The summed E-state index contributed by atoms with van der Waals surface area (Å²) in [6.07, 6.45) is 2.72. The third kappa shape index (κ3) is 4.61. The highest BCUT2D eigenvalue weighted by molar-refractivity contribution is 6.30. The summed E-state index contributed by atoms with van der Waals surface area (Å²) in [5, 5.41) is 3.99. The van der Waals surface area contributed by atoms with Gasteiger partial charge in [-0.1, -0.05) is 24.6 Å². The van der Waals surface area contributed by atoms with E-state index in [1.165, 1.54) is 0 Å². The molecule has 2 rings (SSSR count). The van der Waals surface area contributed by atoms with E-state index < -0.39 is 0 Å². The Hall–Kier alpha value is -1.78. The van der Waals surface area contributed by atoms with Gasteiger partial charge in [-0.15, -0.1) is 0 Å². The minimum Gasteiger partial charge on any atom is -0.493 e. The second-order valence-corrected chi connectivity index (χ2v) is 5.31. The summed E-state index contributed by atoms with van der Waals surface area (Å²) in [6.45, 7) is 4.03. The molecule has 5 heteroatoms. The molecule has 1 aromatic carbocycles. The highest BCUT2D eigenvalue weighted by atomic mass is 35.5. The maximum atomic E-state index is 6.16. The minimum absolute atomic E-state index is 0.631. The van der Waals surface area contributed by atoms with Crippen molar-refractivity contribution in [2.75, 3.05) is 13.7 Å². The van der Waals surface area contributed by atoms with Crippen LogP contribution in [0.1, 0.15) is 24.6 Å². The Morgan fingerprint density at radius 3 is 2.77 bits per heavy atom. The molecule has 0 aliphatic carbocycles. The molecule has 0 bridgehead atoms.